The molecule has 0 heterocycles. The van der Waals surface area contributed by atoms with Crippen LogP contribution >= 0.6 is 0 Å². The first-order valence-corrected chi connectivity index (χ1v) is 6.45. The number of rotatable bonds is 4. The van der Waals surface area contributed by atoms with Crippen LogP contribution in [0.4, 0.5) is 0 Å². The summed E-state index contributed by atoms with van der Waals surface area (Å²) in [7, 11) is 1.67. The number of hydrogen-bond acceptors (Lipinski definition) is 2. The molecule has 19 heavy (non-hydrogen) atoms. The van der Waals surface area contributed by atoms with E-state index in [-0.39, 0.29) is 0 Å². The van der Waals surface area contributed by atoms with E-state index in [0.29, 0.717) is 6.61 Å². The number of aliphatic hydroxyl groups is 1. The molecule has 0 radical (unpaired) electrons. The van der Waals surface area contributed by atoms with E-state index in [2.05, 4.69) is 13.8 Å². The lowest BCUT2D eigenvalue weighted by atomic mass is 9.95. The third-order valence-electron chi connectivity index (χ3n) is 3.50. The van der Waals surface area contributed by atoms with Crippen LogP contribution in [-0.4, -0.2) is 12.2 Å². The second kappa shape index (κ2) is 6.00. The Bertz CT molecular complexity index is 561. The average Bonchev–Trinajstić information content (AvgIpc) is 2.42. The van der Waals surface area contributed by atoms with Gasteiger partial charge in [0.1, 0.15) is 6.10 Å². The van der Waals surface area contributed by atoms with Gasteiger partial charge in [-0.2, -0.15) is 0 Å². The van der Waals surface area contributed by atoms with Crippen LogP contribution < -0.4 is 0 Å². The normalized spacial score (nSPS) is 12.4. The fourth-order valence-electron chi connectivity index (χ4n) is 2.20. The fourth-order valence-corrected chi connectivity index (χ4v) is 2.20. The van der Waals surface area contributed by atoms with Crippen molar-refractivity contribution < 1.29 is 9.84 Å². The van der Waals surface area contributed by atoms with Crippen LogP contribution in [0.1, 0.15) is 33.9 Å². The zero-order valence-electron chi connectivity index (χ0n) is 11.7. The molecule has 2 rings (SSSR count). The van der Waals surface area contributed by atoms with Gasteiger partial charge in [-0.15, -0.1) is 0 Å². The molecule has 0 saturated carbocycles. The molecule has 2 aromatic rings. The summed E-state index contributed by atoms with van der Waals surface area (Å²) in [5.74, 6) is 0. The minimum atomic E-state index is -0.606. The molecule has 0 aliphatic heterocycles. The maximum absolute atomic E-state index is 10.6. The fraction of sp³-hybridized carbons (Fsp3) is 0.294. The van der Waals surface area contributed by atoms with Crippen molar-refractivity contribution in [2.24, 2.45) is 0 Å². The highest BCUT2D eigenvalue weighted by Gasteiger charge is 2.14. The van der Waals surface area contributed by atoms with E-state index in [1.165, 1.54) is 11.1 Å². The number of hydrogen-bond donors (Lipinski definition) is 1. The van der Waals surface area contributed by atoms with Crippen molar-refractivity contribution in [2.75, 3.05) is 7.11 Å². The average molecular weight is 256 g/mol. The predicted molar refractivity (Wildman–Crippen MR) is 77.1 cm³/mol. The summed E-state index contributed by atoms with van der Waals surface area (Å²) in [5, 5.41) is 10.6. The number of ether oxygens (including phenoxy) is 1. The van der Waals surface area contributed by atoms with Crippen molar-refractivity contribution in [1.29, 1.82) is 0 Å². The number of methoxy groups -OCH3 is 1. The predicted octanol–water partition coefficient (Wildman–Crippen LogP) is 3.53. The van der Waals surface area contributed by atoms with Crippen molar-refractivity contribution in [3.63, 3.8) is 0 Å². The molecule has 2 nitrogen and oxygen atoms in total. The summed E-state index contributed by atoms with van der Waals surface area (Å²) in [5.41, 5.74) is 5.29. The van der Waals surface area contributed by atoms with E-state index in [0.717, 1.165) is 16.7 Å². The Balaban J connectivity index is 2.37. The van der Waals surface area contributed by atoms with E-state index in [9.17, 15) is 5.11 Å². The summed E-state index contributed by atoms with van der Waals surface area (Å²) in [6.07, 6.45) is -0.606. The van der Waals surface area contributed by atoms with E-state index in [1.54, 1.807) is 7.11 Å². The summed E-state index contributed by atoms with van der Waals surface area (Å²) in [4.78, 5) is 0. The van der Waals surface area contributed by atoms with Gasteiger partial charge in [0.2, 0.25) is 0 Å². The monoisotopic (exact) mass is 256 g/mol. The second-order valence-corrected chi connectivity index (χ2v) is 4.88. The summed E-state index contributed by atoms with van der Waals surface area (Å²) >= 11 is 0. The van der Waals surface area contributed by atoms with Gasteiger partial charge in [0, 0.05) is 7.11 Å². The molecule has 0 aromatic heterocycles. The maximum Gasteiger partial charge on any atom is 0.104 e. The molecule has 0 fully saturated rings. The molecule has 0 amide bonds. The first-order valence-electron chi connectivity index (χ1n) is 6.45. The van der Waals surface area contributed by atoms with Crippen LogP contribution in [0.25, 0.3) is 0 Å². The molecule has 0 saturated heterocycles. The molecule has 0 spiro atoms. The summed E-state index contributed by atoms with van der Waals surface area (Å²) in [6.45, 7) is 4.65. The number of benzene rings is 2. The molecular weight excluding hydrogens is 236 g/mol. The Labute approximate surface area is 114 Å². The standard InChI is InChI=1S/C17H20O2/c1-12-8-9-14(10-13(12)2)17(18)16-7-5-4-6-15(16)11-19-3/h4-10,17-18H,11H2,1-3H3. The zero-order valence-corrected chi connectivity index (χ0v) is 11.7. The Morgan fingerprint density at radius 3 is 2.47 bits per heavy atom. The first-order chi connectivity index (χ1) is 9.13. The van der Waals surface area contributed by atoms with Gasteiger partial charge in [0.05, 0.1) is 6.61 Å². The highest BCUT2D eigenvalue weighted by molar-refractivity contribution is 5.38. The third kappa shape index (κ3) is 3.03. The molecule has 1 N–H and O–H groups in total. The van der Waals surface area contributed by atoms with Gasteiger partial charge in [0.15, 0.2) is 0 Å². The molecular formula is C17H20O2. The Morgan fingerprint density at radius 2 is 1.79 bits per heavy atom. The second-order valence-electron chi connectivity index (χ2n) is 4.88. The minimum absolute atomic E-state index is 0.512. The van der Waals surface area contributed by atoms with E-state index in [1.807, 2.05) is 42.5 Å². The molecule has 2 heteroatoms. The van der Waals surface area contributed by atoms with Crippen LogP contribution in [0.15, 0.2) is 42.5 Å². The molecule has 0 aliphatic carbocycles. The Hall–Kier alpha value is -1.64. The van der Waals surface area contributed by atoms with Gasteiger partial charge < -0.3 is 9.84 Å². The van der Waals surface area contributed by atoms with Crippen LogP contribution in [-0.2, 0) is 11.3 Å². The van der Waals surface area contributed by atoms with Gasteiger partial charge >= 0.3 is 0 Å². The molecule has 2 aromatic carbocycles. The van der Waals surface area contributed by atoms with Gasteiger partial charge in [-0.05, 0) is 41.7 Å². The van der Waals surface area contributed by atoms with E-state index < -0.39 is 6.10 Å². The molecule has 0 bridgehead atoms. The maximum atomic E-state index is 10.6. The quantitative estimate of drug-likeness (QED) is 0.906. The summed E-state index contributed by atoms with van der Waals surface area (Å²) in [6, 6.07) is 13.9. The lowest BCUT2D eigenvalue weighted by Gasteiger charge is -2.16. The van der Waals surface area contributed by atoms with Crippen molar-refractivity contribution in [2.45, 2.75) is 26.6 Å². The highest BCUT2D eigenvalue weighted by atomic mass is 16.5. The molecule has 1 atom stereocenters. The van der Waals surface area contributed by atoms with Crippen LogP contribution in [0.2, 0.25) is 0 Å². The highest BCUT2D eigenvalue weighted by Crippen LogP contribution is 2.26. The minimum Gasteiger partial charge on any atom is -0.384 e. The molecule has 1 unspecified atom stereocenters. The largest absolute Gasteiger partial charge is 0.384 e. The third-order valence-corrected chi connectivity index (χ3v) is 3.50. The lowest BCUT2D eigenvalue weighted by molar-refractivity contribution is 0.176. The van der Waals surface area contributed by atoms with Gasteiger partial charge in [-0.25, -0.2) is 0 Å². The van der Waals surface area contributed by atoms with Crippen molar-refractivity contribution in [1.82, 2.24) is 0 Å². The van der Waals surface area contributed by atoms with Crippen LogP contribution in [0, 0.1) is 13.8 Å². The number of aliphatic hydroxyl groups excluding tert-OH is 1. The van der Waals surface area contributed by atoms with E-state index in [4.69, 9.17) is 4.74 Å². The molecule has 100 valence electrons. The van der Waals surface area contributed by atoms with Gasteiger partial charge in [-0.1, -0.05) is 42.5 Å². The van der Waals surface area contributed by atoms with Crippen molar-refractivity contribution >= 4 is 0 Å². The lowest BCUT2D eigenvalue weighted by Crippen LogP contribution is -2.05. The molecule has 0 aliphatic rings. The zero-order chi connectivity index (χ0) is 13.8. The summed E-state index contributed by atoms with van der Waals surface area (Å²) < 4.78 is 5.19. The van der Waals surface area contributed by atoms with Crippen LogP contribution in [0.5, 0.6) is 0 Å². The van der Waals surface area contributed by atoms with Crippen molar-refractivity contribution in [3.8, 4) is 0 Å². The van der Waals surface area contributed by atoms with Crippen LogP contribution in [0.3, 0.4) is 0 Å². The Morgan fingerprint density at radius 1 is 1.05 bits per heavy atom. The number of aryl methyl sites for hydroxylation is 2. The van der Waals surface area contributed by atoms with Crippen molar-refractivity contribution in [3.05, 3.63) is 70.3 Å². The van der Waals surface area contributed by atoms with Gasteiger partial charge in [-0.3, -0.25) is 0 Å². The van der Waals surface area contributed by atoms with E-state index >= 15 is 0 Å². The van der Waals surface area contributed by atoms with Gasteiger partial charge in [0.25, 0.3) is 0 Å². The topological polar surface area (TPSA) is 29.5 Å². The SMILES string of the molecule is COCc1ccccc1C(O)c1ccc(C)c(C)c1. The Kier molecular flexibility index (Phi) is 4.35. The first kappa shape index (κ1) is 13.8. The smallest absolute Gasteiger partial charge is 0.104 e.